The Morgan fingerprint density at radius 3 is 2.53 bits per heavy atom. The summed E-state index contributed by atoms with van der Waals surface area (Å²) in [5.74, 6) is -0.648. The summed E-state index contributed by atoms with van der Waals surface area (Å²) in [5, 5.41) is 1.98. The lowest BCUT2D eigenvalue weighted by molar-refractivity contribution is -0.127. The summed E-state index contributed by atoms with van der Waals surface area (Å²) >= 11 is 4.23. The van der Waals surface area contributed by atoms with Crippen LogP contribution in [0.2, 0.25) is 0 Å². The highest BCUT2D eigenvalue weighted by Crippen LogP contribution is 2.39. The van der Waals surface area contributed by atoms with Crippen molar-refractivity contribution in [3.05, 3.63) is 93.1 Å². The molecule has 4 rings (SSSR count). The van der Waals surface area contributed by atoms with Gasteiger partial charge in [0.1, 0.15) is 19.0 Å². The molecule has 3 aromatic carbocycles. The molecule has 1 aliphatic heterocycles. The molecule has 7 nitrogen and oxygen atoms in total. The summed E-state index contributed by atoms with van der Waals surface area (Å²) in [5.41, 5.74) is 1.95. The van der Waals surface area contributed by atoms with E-state index in [9.17, 15) is 18.8 Å². The van der Waals surface area contributed by atoms with Crippen LogP contribution < -0.4 is 14.8 Å². The largest absolute Gasteiger partial charge is 0.493 e. The minimum absolute atomic E-state index is 0.168. The fourth-order valence-electron chi connectivity index (χ4n) is 3.36. The number of imide groups is 1. The van der Waals surface area contributed by atoms with Gasteiger partial charge in [-0.05, 0) is 81.3 Å². The van der Waals surface area contributed by atoms with Gasteiger partial charge in [-0.15, -0.1) is 0 Å². The molecule has 3 amide bonds. The van der Waals surface area contributed by atoms with Crippen molar-refractivity contribution in [2.75, 3.05) is 19.0 Å². The highest BCUT2D eigenvalue weighted by Gasteiger charge is 2.36. The van der Waals surface area contributed by atoms with E-state index in [4.69, 9.17) is 9.47 Å². The van der Waals surface area contributed by atoms with Crippen molar-refractivity contribution in [3.8, 4) is 11.5 Å². The number of thioether (sulfide) groups is 1. The molecule has 1 heterocycles. The number of amides is 3. The predicted octanol–water partition coefficient (Wildman–Crippen LogP) is 5.85. The van der Waals surface area contributed by atoms with E-state index in [2.05, 4.69) is 21.2 Å². The Balaban J connectivity index is 1.46. The third-order valence-corrected chi connectivity index (χ3v) is 6.58. The monoisotopic (exact) mass is 570 g/mol. The van der Waals surface area contributed by atoms with E-state index in [1.807, 2.05) is 30.3 Å². The number of hydrogen-bond acceptors (Lipinski definition) is 6. The molecule has 0 aliphatic carbocycles. The Bertz CT molecular complexity index is 1330. The van der Waals surface area contributed by atoms with Crippen LogP contribution in [0.5, 0.6) is 11.5 Å². The number of carbonyl (C=O) groups is 3. The summed E-state index contributed by atoms with van der Waals surface area (Å²) in [6.07, 6.45) is 1.55. The van der Waals surface area contributed by atoms with Gasteiger partial charge in [0.25, 0.3) is 11.1 Å². The van der Waals surface area contributed by atoms with Gasteiger partial charge in [-0.2, -0.15) is 0 Å². The number of methoxy groups -OCH3 is 1. The number of ether oxygens (including phenoxy) is 2. The van der Waals surface area contributed by atoms with Gasteiger partial charge < -0.3 is 14.8 Å². The van der Waals surface area contributed by atoms with E-state index in [1.165, 1.54) is 31.4 Å². The van der Waals surface area contributed by atoms with Gasteiger partial charge in [0.05, 0.1) is 16.5 Å². The van der Waals surface area contributed by atoms with E-state index < -0.39 is 29.4 Å². The van der Waals surface area contributed by atoms with Crippen LogP contribution in [-0.4, -0.2) is 35.6 Å². The maximum atomic E-state index is 13.0. The van der Waals surface area contributed by atoms with Gasteiger partial charge in [-0.25, -0.2) is 4.39 Å². The van der Waals surface area contributed by atoms with Gasteiger partial charge in [-0.3, -0.25) is 19.3 Å². The fraction of sp³-hybridized carbons (Fsp3) is 0.115. The first-order valence-corrected chi connectivity index (χ1v) is 12.3. The molecule has 3 aromatic rings. The molecule has 184 valence electrons. The second kappa shape index (κ2) is 11.4. The molecular weight excluding hydrogens is 551 g/mol. The normalized spacial score (nSPS) is 14.3. The van der Waals surface area contributed by atoms with E-state index in [0.29, 0.717) is 33.8 Å². The number of nitrogens with one attached hydrogen (secondary N) is 1. The Morgan fingerprint density at radius 1 is 1.11 bits per heavy atom. The molecule has 1 fully saturated rings. The van der Waals surface area contributed by atoms with Crippen molar-refractivity contribution >= 4 is 56.5 Å². The molecule has 0 radical (unpaired) electrons. The van der Waals surface area contributed by atoms with Gasteiger partial charge >= 0.3 is 0 Å². The first-order chi connectivity index (χ1) is 17.3. The Kier molecular flexibility index (Phi) is 8.07. The number of anilines is 1. The van der Waals surface area contributed by atoms with Crippen LogP contribution in [0.1, 0.15) is 11.1 Å². The Labute approximate surface area is 219 Å². The summed E-state index contributed by atoms with van der Waals surface area (Å²) in [6, 6.07) is 18.3. The third kappa shape index (κ3) is 6.13. The number of halogens is 2. The minimum Gasteiger partial charge on any atom is -0.493 e. The highest BCUT2D eigenvalue weighted by molar-refractivity contribution is 9.10. The first kappa shape index (κ1) is 25.5. The van der Waals surface area contributed by atoms with Crippen molar-refractivity contribution in [3.63, 3.8) is 0 Å². The van der Waals surface area contributed by atoms with Crippen LogP contribution in [-0.2, 0) is 16.2 Å². The Morgan fingerprint density at radius 2 is 1.83 bits per heavy atom. The molecule has 0 bridgehead atoms. The number of nitrogens with zero attached hydrogens (tertiary/aromatic N) is 1. The zero-order chi connectivity index (χ0) is 25.7. The standard InChI is InChI=1S/C26H20BrFN2O5S/c1-34-21-12-17(11-20(27)24(21)35-15-16-5-3-2-4-6-16)13-22-25(32)30(26(33)36-22)14-23(31)29-19-9-7-18(28)8-10-19/h2-13H,14-15H2,1H3,(H,29,31)/b22-13-. The van der Waals surface area contributed by atoms with Crippen LogP contribution in [0.25, 0.3) is 6.08 Å². The van der Waals surface area contributed by atoms with Crippen molar-refractivity contribution in [1.82, 2.24) is 4.90 Å². The van der Waals surface area contributed by atoms with E-state index >= 15 is 0 Å². The zero-order valence-electron chi connectivity index (χ0n) is 19.0. The van der Waals surface area contributed by atoms with Gasteiger partial charge in [0.15, 0.2) is 11.5 Å². The van der Waals surface area contributed by atoms with Gasteiger partial charge in [0, 0.05) is 5.69 Å². The maximum absolute atomic E-state index is 13.0. The molecule has 0 aromatic heterocycles. The molecule has 0 saturated carbocycles. The summed E-state index contributed by atoms with van der Waals surface area (Å²) in [4.78, 5) is 38.6. The summed E-state index contributed by atoms with van der Waals surface area (Å²) < 4.78 is 25.1. The zero-order valence-corrected chi connectivity index (χ0v) is 21.4. The Hall–Kier alpha value is -3.63. The molecule has 36 heavy (non-hydrogen) atoms. The average molecular weight is 571 g/mol. The predicted molar refractivity (Wildman–Crippen MR) is 139 cm³/mol. The number of hydrogen-bond donors (Lipinski definition) is 1. The van der Waals surface area contributed by atoms with E-state index in [1.54, 1.807) is 18.2 Å². The van der Waals surface area contributed by atoms with Crippen molar-refractivity contribution in [2.24, 2.45) is 0 Å². The number of benzene rings is 3. The number of carbonyl (C=O) groups excluding carboxylic acids is 3. The summed E-state index contributed by atoms with van der Waals surface area (Å²) in [6.45, 7) is -0.118. The van der Waals surface area contributed by atoms with E-state index in [0.717, 1.165) is 22.2 Å². The maximum Gasteiger partial charge on any atom is 0.294 e. The molecule has 1 N–H and O–H groups in total. The summed E-state index contributed by atoms with van der Waals surface area (Å²) in [7, 11) is 1.51. The SMILES string of the molecule is COc1cc(/C=C2\SC(=O)N(CC(=O)Nc3ccc(F)cc3)C2=O)cc(Br)c1OCc1ccccc1. The fourth-order valence-corrected chi connectivity index (χ4v) is 4.77. The quantitative estimate of drug-likeness (QED) is 0.342. The molecule has 1 aliphatic rings. The van der Waals surface area contributed by atoms with Crippen LogP contribution in [0.3, 0.4) is 0 Å². The van der Waals surface area contributed by atoms with Crippen LogP contribution >= 0.6 is 27.7 Å². The lowest BCUT2D eigenvalue weighted by Gasteiger charge is -2.14. The van der Waals surface area contributed by atoms with Gasteiger partial charge in [-0.1, -0.05) is 30.3 Å². The lowest BCUT2D eigenvalue weighted by Crippen LogP contribution is -2.36. The second-order valence-corrected chi connectivity index (χ2v) is 9.48. The van der Waals surface area contributed by atoms with Crippen molar-refractivity contribution in [2.45, 2.75) is 6.61 Å². The molecule has 0 spiro atoms. The van der Waals surface area contributed by atoms with Gasteiger partial charge in [0.2, 0.25) is 5.91 Å². The highest BCUT2D eigenvalue weighted by atomic mass is 79.9. The molecule has 1 saturated heterocycles. The van der Waals surface area contributed by atoms with Crippen LogP contribution in [0.15, 0.2) is 76.1 Å². The minimum atomic E-state index is -0.584. The molecule has 0 atom stereocenters. The lowest BCUT2D eigenvalue weighted by atomic mass is 10.1. The van der Waals surface area contributed by atoms with E-state index in [-0.39, 0.29) is 4.91 Å². The number of rotatable bonds is 8. The average Bonchev–Trinajstić information content (AvgIpc) is 3.12. The van der Waals surface area contributed by atoms with Crippen molar-refractivity contribution in [1.29, 1.82) is 0 Å². The van der Waals surface area contributed by atoms with Crippen LogP contribution in [0.4, 0.5) is 14.9 Å². The van der Waals surface area contributed by atoms with Crippen molar-refractivity contribution < 1.29 is 28.2 Å². The molecular formula is C26H20BrFN2O5S. The third-order valence-electron chi connectivity index (χ3n) is 5.08. The smallest absolute Gasteiger partial charge is 0.294 e. The second-order valence-electron chi connectivity index (χ2n) is 7.63. The molecule has 10 heteroatoms. The molecule has 0 unspecified atom stereocenters. The first-order valence-electron chi connectivity index (χ1n) is 10.7. The topological polar surface area (TPSA) is 84.9 Å². The van der Waals surface area contributed by atoms with Crippen LogP contribution in [0, 0.1) is 5.82 Å².